The van der Waals surface area contributed by atoms with Gasteiger partial charge in [0.2, 0.25) is 0 Å². The minimum Gasteiger partial charge on any atom is -0.360 e. The highest BCUT2D eigenvalue weighted by Gasteiger charge is 2.53. The summed E-state index contributed by atoms with van der Waals surface area (Å²) in [6.07, 6.45) is 10.0. The van der Waals surface area contributed by atoms with Crippen LogP contribution in [-0.4, -0.2) is 32.0 Å². The van der Waals surface area contributed by atoms with E-state index in [9.17, 15) is 13.2 Å². The minimum atomic E-state index is -3.27. The summed E-state index contributed by atoms with van der Waals surface area (Å²) in [5.74, 6) is 1.27. The highest BCUT2D eigenvalue weighted by atomic mass is 32.2. The normalized spacial score (nSPS) is 28.0. The third kappa shape index (κ3) is 4.06. The number of nitrogens with one attached hydrogen (secondary N) is 1. The van der Waals surface area contributed by atoms with Crippen molar-refractivity contribution in [2.45, 2.75) is 55.8 Å². The zero-order valence-corrected chi connectivity index (χ0v) is 19.3. The molecule has 2 fully saturated rings. The number of rotatable bonds is 6. The van der Waals surface area contributed by atoms with Crippen molar-refractivity contribution >= 4 is 32.1 Å². The fraction of sp³-hybridized carbons (Fsp3) is 0.565. The zero-order chi connectivity index (χ0) is 21.4. The smallest absolute Gasteiger partial charge is 0.182 e. The summed E-state index contributed by atoms with van der Waals surface area (Å²) in [6, 6.07) is 6.96. The molecule has 7 heteroatoms. The molecule has 0 unspecified atom stereocenters. The van der Waals surface area contributed by atoms with Crippen LogP contribution in [0.15, 0.2) is 40.7 Å². The van der Waals surface area contributed by atoms with Crippen LogP contribution in [0.4, 0.5) is 5.13 Å². The van der Waals surface area contributed by atoms with Gasteiger partial charge in [-0.3, -0.25) is 4.79 Å². The molecule has 162 valence electrons. The van der Waals surface area contributed by atoms with Crippen LogP contribution in [0.5, 0.6) is 0 Å². The first-order valence-corrected chi connectivity index (χ1v) is 13.6. The van der Waals surface area contributed by atoms with E-state index in [0.29, 0.717) is 18.4 Å². The number of sulfone groups is 1. The van der Waals surface area contributed by atoms with Gasteiger partial charge in [-0.25, -0.2) is 13.4 Å². The van der Waals surface area contributed by atoms with Crippen LogP contribution in [0, 0.1) is 17.8 Å². The van der Waals surface area contributed by atoms with Gasteiger partial charge >= 0.3 is 0 Å². The maximum absolute atomic E-state index is 13.7. The van der Waals surface area contributed by atoms with Gasteiger partial charge in [-0.05, 0) is 36.0 Å². The third-order valence-electron chi connectivity index (χ3n) is 7.18. The Morgan fingerprint density at radius 1 is 1.17 bits per heavy atom. The molecule has 2 aromatic rings. The number of ketones is 1. The second-order valence-corrected chi connectivity index (χ2v) is 11.9. The molecule has 0 bridgehead atoms. The van der Waals surface area contributed by atoms with Crippen molar-refractivity contribution < 1.29 is 13.2 Å². The van der Waals surface area contributed by atoms with Gasteiger partial charge in [0.25, 0.3) is 0 Å². The molecule has 1 N–H and O–H groups in total. The molecule has 1 aromatic carbocycles. The van der Waals surface area contributed by atoms with Crippen molar-refractivity contribution in [3.63, 3.8) is 0 Å². The van der Waals surface area contributed by atoms with Crippen LogP contribution in [0.2, 0.25) is 0 Å². The van der Waals surface area contributed by atoms with E-state index in [1.165, 1.54) is 49.7 Å². The van der Waals surface area contributed by atoms with Gasteiger partial charge in [-0.2, -0.15) is 0 Å². The van der Waals surface area contributed by atoms with E-state index in [0.717, 1.165) is 17.1 Å². The maximum atomic E-state index is 13.7. The number of nitrogens with zero attached hydrogens (tertiary/aromatic N) is 1. The molecule has 0 spiro atoms. The molecule has 2 saturated carbocycles. The van der Waals surface area contributed by atoms with Crippen LogP contribution in [0.1, 0.15) is 51.0 Å². The number of anilines is 1. The minimum absolute atomic E-state index is 0.0146. The summed E-state index contributed by atoms with van der Waals surface area (Å²) in [5.41, 5.74) is 0.262. The molecule has 2 aliphatic carbocycles. The van der Waals surface area contributed by atoms with Gasteiger partial charge in [0.15, 0.2) is 15.0 Å². The number of hydrogen-bond donors (Lipinski definition) is 1. The van der Waals surface area contributed by atoms with Gasteiger partial charge in [0, 0.05) is 30.3 Å². The zero-order valence-electron chi connectivity index (χ0n) is 17.6. The van der Waals surface area contributed by atoms with Gasteiger partial charge in [0.05, 0.1) is 10.3 Å². The first-order valence-electron chi connectivity index (χ1n) is 10.8. The van der Waals surface area contributed by atoms with E-state index in [1.54, 1.807) is 18.3 Å². The highest BCUT2D eigenvalue weighted by molar-refractivity contribution is 7.90. The lowest BCUT2D eigenvalue weighted by atomic mass is 9.73. The van der Waals surface area contributed by atoms with Crippen LogP contribution < -0.4 is 5.32 Å². The Bertz CT molecular complexity index is 980. The molecular formula is C23H30N2O3S2. The maximum Gasteiger partial charge on any atom is 0.182 e. The molecule has 2 aliphatic rings. The molecule has 0 saturated heterocycles. The van der Waals surface area contributed by atoms with Gasteiger partial charge in [0.1, 0.15) is 5.78 Å². The van der Waals surface area contributed by atoms with Gasteiger partial charge in [-0.15, -0.1) is 11.3 Å². The Balaban J connectivity index is 1.69. The number of hydrogen-bond acceptors (Lipinski definition) is 6. The van der Waals surface area contributed by atoms with Crippen LogP contribution >= 0.6 is 11.3 Å². The van der Waals surface area contributed by atoms with Crippen molar-refractivity contribution in [1.29, 1.82) is 0 Å². The van der Waals surface area contributed by atoms with E-state index in [1.807, 2.05) is 17.5 Å². The van der Waals surface area contributed by atoms with Crippen molar-refractivity contribution in [1.82, 2.24) is 4.98 Å². The standard InChI is InChI=1S/C23H30N2O3S2/c1-16-20(17-6-4-3-5-7-17)14-23(21(16)26,15-25-22-24-12-13-29-22)18-8-10-19(11-9-18)30(2,27)28/h8-13,16-17,20H,3-7,14-15H2,1-2H3,(H,24,25)/t16-,20+,23+/m0/s1. The monoisotopic (exact) mass is 446 g/mol. The number of carbonyl (C=O) groups is 1. The molecule has 1 heterocycles. The first kappa shape index (κ1) is 21.5. The molecule has 4 rings (SSSR count). The predicted molar refractivity (Wildman–Crippen MR) is 121 cm³/mol. The van der Waals surface area contributed by atoms with E-state index in [-0.39, 0.29) is 16.6 Å². The lowest BCUT2D eigenvalue weighted by Gasteiger charge is -2.32. The first-order chi connectivity index (χ1) is 14.3. The number of thiazole rings is 1. The topological polar surface area (TPSA) is 76.1 Å². The lowest BCUT2D eigenvalue weighted by molar-refractivity contribution is -0.125. The molecule has 30 heavy (non-hydrogen) atoms. The van der Waals surface area contributed by atoms with Crippen molar-refractivity contribution in [3.8, 4) is 0 Å². The van der Waals surface area contributed by atoms with Crippen molar-refractivity contribution in [2.75, 3.05) is 18.1 Å². The molecule has 3 atom stereocenters. The largest absolute Gasteiger partial charge is 0.360 e. The second kappa shape index (κ2) is 8.42. The molecule has 0 aliphatic heterocycles. The van der Waals surface area contributed by atoms with Crippen LogP contribution in [0.25, 0.3) is 0 Å². The van der Waals surface area contributed by atoms with Crippen LogP contribution in [-0.2, 0) is 20.0 Å². The fourth-order valence-corrected chi connectivity index (χ4v) is 6.69. The number of benzene rings is 1. The third-order valence-corrected chi connectivity index (χ3v) is 9.03. The number of Topliss-reactive ketones (excluding diaryl/α,β-unsaturated/α-hetero) is 1. The van der Waals surface area contributed by atoms with E-state index >= 15 is 0 Å². The summed E-state index contributed by atoms with van der Waals surface area (Å²) >= 11 is 1.52. The lowest BCUT2D eigenvalue weighted by Crippen LogP contribution is -2.40. The summed E-state index contributed by atoms with van der Waals surface area (Å²) in [7, 11) is -3.27. The van der Waals surface area contributed by atoms with E-state index in [2.05, 4.69) is 17.2 Å². The summed E-state index contributed by atoms with van der Waals surface area (Å²) in [5, 5.41) is 6.12. The Hall–Kier alpha value is -1.73. The van der Waals surface area contributed by atoms with E-state index < -0.39 is 15.3 Å². The summed E-state index contributed by atoms with van der Waals surface area (Å²) < 4.78 is 23.8. The average molecular weight is 447 g/mol. The average Bonchev–Trinajstić information content (AvgIpc) is 3.35. The van der Waals surface area contributed by atoms with Gasteiger partial charge < -0.3 is 5.32 Å². The highest BCUT2D eigenvalue weighted by Crippen LogP contribution is 2.50. The molecule has 0 amide bonds. The molecular weight excluding hydrogens is 416 g/mol. The van der Waals surface area contributed by atoms with Gasteiger partial charge in [-0.1, -0.05) is 51.2 Å². The Morgan fingerprint density at radius 2 is 1.87 bits per heavy atom. The van der Waals surface area contributed by atoms with Crippen molar-refractivity contribution in [2.24, 2.45) is 17.8 Å². The Labute approximate surface area is 183 Å². The Morgan fingerprint density at radius 3 is 2.47 bits per heavy atom. The quantitative estimate of drug-likeness (QED) is 0.696. The second-order valence-electron chi connectivity index (χ2n) is 8.99. The molecule has 0 radical (unpaired) electrons. The molecule has 1 aromatic heterocycles. The van der Waals surface area contributed by atoms with Crippen LogP contribution in [0.3, 0.4) is 0 Å². The summed E-state index contributed by atoms with van der Waals surface area (Å²) in [6.45, 7) is 2.59. The Kier molecular flexibility index (Phi) is 6.04. The predicted octanol–water partition coefficient (Wildman–Crippen LogP) is 4.70. The SMILES string of the molecule is C[C@@H]1C(=O)[C@](CNc2nccs2)(c2ccc(S(C)(=O)=O)cc2)C[C@H]1C1CCCCC1. The summed E-state index contributed by atoms with van der Waals surface area (Å²) in [4.78, 5) is 18.4. The number of carbonyl (C=O) groups excluding carboxylic acids is 1. The molecule has 5 nitrogen and oxygen atoms in total. The van der Waals surface area contributed by atoms with E-state index in [4.69, 9.17) is 0 Å². The van der Waals surface area contributed by atoms with Crippen molar-refractivity contribution in [3.05, 3.63) is 41.4 Å². The number of aromatic nitrogens is 1. The fourth-order valence-electron chi connectivity index (χ4n) is 5.53.